The minimum atomic E-state index is -2.12. The molecule has 0 radical (unpaired) electrons. The second-order valence-electron chi connectivity index (χ2n) is 4.49. The summed E-state index contributed by atoms with van der Waals surface area (Å²) in [5, 5.41) is 11.2. The Labute approximate surface area is 120 Å². The van der Waals surface area contributed by atoms with Crippen LogP contribution in [0.4, 0.5) is 17.6 Å². The zero-order valence-corrected chi connectivity index (χ0v) is 11.2. The summed E-state index contributed by atoms with van der Waals surface area (Å²) in [6.07, 6.45) is 0.0898. The zero-order chi connectivity index (χ0) is 15.8. The number of rotatable bonds is 3. The van der Waals surface area contributed by atoms with E-state index < -0.39 is 46.2 Å². The van der Waals surface area contributed by atoms with Gasteiger partial charge in [-0.1, -0.05) is 0 Å². The van der Waals surface area contributed by atoms with Crippen LogP contribution < -0.4 is 5.32 Å². The van der Waals surface area contributed by atoms with Gasteiger partial charge in [-0.3, -0.25) is 4.79 Å². The number of aliphatic carboxylic acids is 1. The van der Waals surface area contributed by atoms with Crippen molar-refractivity contribution in [1.29, 1.82) is 0 Å². The van der Waals surface area contributed by atoms with Crippen LogP contribution in [0.3, 0.4) is 0 Å². The topological polar surface area (TPSA) is 66.4 Å². The van der Waals surface area contributed by atoms with Gasteiger partial charge in [-0.05, 0) is 18.2 Å². The molecule has 0 spiro atoms. The van der Waals surface area contributed by atoms with Gasteiger partial charge in [0.2, 0.25) is 0 Å². The number of nitrogens with one attached hydrogen (secondary N) is 1. The van der Waals surface area contributed by atoms with E-state index in [1.54, 1.807) is 0 Å². The Bertz CT molecular complexity index is 617. The van der Waals surface area contributed by atoms with Crippen LogP contribution in [-0.2, 0) is 4.79 Å². The molecule has 0 aromatic heterocycles. The summed E-state index contributed by atoms with van der Waals surface area (Å²) in [6, 6.07) is 0.195. The van der Waals surface area contributed by atoms with Crippen molar-refractivity contribution in [1.82, 2.24) is 5.32 Å². The Morgan fingerprint density at radius 1 is 1.19 bits per heavy atom. The third-order valence-corrected chi connectivity index (χ3v) is 4.32. The van der Waals surface area contributed by atoms with Gasteiger partial charge in [-0.25, -0.2) is 22.4 Å². The number of thioether (sulfide) groups is 1. The van der Waals surface area contributed by atoms with Crippen molar-refractivity contribution >= 4 is 23.6 Å². The first kappa shape index (κ1) is 15.6. The van der Waals surface area contributed by atoms with Gasteiger partial charge in [0.25, 0.3) is 5.91 Å². The highest BCUT2D eigenvalue weighted by Gasteiger charge is 2.44. The lowest BCUT2D eigenvalue weighted by Crippen LogP contribution is -2.55. The van der Waals surface area contributed by atoms with E-state index in [9.17, 15) is 27.2 Å². The van der Waals surface area contributed by atoms with E-state index in [1.807, 2.05) is 0 Å². The molecule has 1 heterocycles. The number of amides is 1. The molecule has 1 aliphatic heterocycles. The van der Waals surface area contributed by atoms with Crippen LogP contribution in [0.15, 0.2) is 6.07 Å². The minimum absolute atomic E-state index is 0.0435. The quantitative estimate of drug-likeness (QED) is 0.507. The molecule has 1 atom stereocenters. The number of carboxylic acids is 1. The van der Waals surface area contributed by atoms with E-state index in [-0.39, 0.29) is 18.2 Å². The molecule has 1 aromatic rings. The molecule has 0 bridgehead atoms. The Hall–Kier alpha value is -1.77. The van der Waals surface area contributed by atoms with Crippen LogP contribution in [0.5, 0.6) is 0 Å². The van der Waals surface area contributed by atoms with Crippen LogP contribution in [-0.4, -0.2) is 34.0 Å². The van der Waals surface area contributed by atoms with E-state index >= 15 is 0 Å². The van der Waals surface area contributed by atoms with Gasteiger partial charge in [0.1, 0.15) is 5.54 Å². The van der Waals surface area contributed by atoms with Crippen molar-refractivity contribution in [2.45, 2.75) is 12.0 Å². The third kappa shape index (κ3) is 2.69. The summed E-state index contributed by atoms with van der Waals surface area (Å²) in [5.41, 5.74) is -2.71. The molecule has 1 aliphatic rings. The Morgan fingerprint density at radius 2 is 1.86 bits per heavy atom. The second-order valence-corrected chi connectivity index (χ2v) is 5.60. The number of hydrogen-bond donors (Lipinski definition) is 2. The van der Waals surface area contributed by atoms with Gasteiger partial charge < -0.3 is 10.4 Å². The van der Waals surface area contributed by atoms with Gasteiger partial charge in [-0.2, -0.15) is 11.8 Å². The fourth-order valence-corrected chi connectivity index (χ4v) is 3.23. The van der Waals surface area contributed by atoms with E-state index in [4.69, 9.17) is 5.11 Å². The van der Waals surface area contributed by atoms with Crippen molar-refractivity contribution in [2.24, 2.45) is 0 Å². The van der Waals surface area contributed by atoms with Gasteiger partial charge in [0.15, 0.2) is 23.3 Å². The SMILES string of the molecule is O=C(NC1(C(=O)O)CCSC1)c1cc(F)c(F)c(F)c1F. The van der Waals surface area contributed by atoms with E-state index in [2.05, 4.69) is 5.32 Å². The lowest BCUT2D eigenvalue weighted by Gasteiger charge is -2.24. The van der Waals surface area contributed by atoms with Crippen molar-refractivity contribution in [3.05, 3.63) is 34.9 Å². The van der Waals surface area contributed by atoms with Crippen molar-refractivity contribution in [3.8, 4) is 0 Å². The average molecular weight is 323 g/mol. The molecule has 0 aliphatic carbocycles. The zero-order valence-electron chi connectivity index (χ0n) is 10.4. The largest absolute Gasteiger partial charge is 0.479 e. The van der Waals surface area contributed by atoms with Crippen LogP contribution in [0, 0.1) is 23.3 Å². The highest BCUT2D eigenvalue weighted by Crippen LogP contribution is 2.29. The van der Waals surface area contributed by atoms with Crippen molar-refractivity contribution in [2.75, 3.05) is 11.5 Å². The molecular weight excluding hydrogens is 314 g/mol. The lowest BCUT2D eigenvalue weighted by atomic mass is 9.98. The van der Waals surface area contributed by atoms with E-state index in [0.717, 1.165) is 0 Å². The minimum Gasteiger partial charge on any atom is -0.479 e. The highest BCUT2D eigenvalue weighted by molar-refractivity contribution is 7.99. The predicted octanol–water partition coefficient (Wildman–Crippen LogP) is 1.93. The van der Waals surface area contributed by atoms with E-state index in [0.29, 0.717) is 5.75 Å². The third-order valence-electron chi connectivity index (χ3n) is 3.13. The molecule has 4 nitrogen and oxygen atoms in total. The molecule has 2 N–H and O–H groups in total. The second kappa shape index (κ2) is 5.55. The molecule has 9 heteroatoms. The maximum Gasteiger partial charge on any atom is 0.330 e. The highest BCUT2D eigenvalue weighted by atomic mass is 32.2. The summed E-state index contributed by atoms with van der Waals surface area (Å²) in [6.45, 7) is 0. The number of benzene rings is 1. The number of hydrogen-bond acceptors (Lipinski definition) is 3. The van der Waals surface area contributed by atoms with Gasteiger partial charge in [-0.15, -0.1) is 0 Å². The molecule has 1 unspecified atom stereocenters. The van der Waals surface area contributed by atoms with Crippen molar-refractivity contribution < 1.29 is 32.3 Å². The lowest BCUT2D eigenvalue weighted by molar-refractivity contribution is -0.143. The summed E-state index contributed by atoms with van der Waals surface area (Å²) in [7, 11) is 0. The molecule has 1 fully saturated rings. The summed E-state index contributed by atoms with van der Waals surface area (Å²) >= 11 is 1.26. The maximum absolute atomic E-state index is 13.5. The molecule has 0 saturated carbocycles. The fourth-order valence-electron chi connectivity index (χ4n) is 1.91. The number of carboxylic acid groups (broad SMARTS) is 1. The van der Waals surface area contributed by atoms with Gasteiger partial charge in [0.05, 0.1) is 5.56 Å². The maximum atomic E-state index is 13.5. The smallest absolute Gasteiger partial charge is 0.330 e. The predicted molar refractivity (Wildman–Crippen MR) is 66.0 cm³/mol. The number of halogens is 4. The van der Waals surface area contributed by atoms with Crippen LogP contribution in [0.1, 0.15) is 16.8 Å². The first-order chi connectivity index (χ1) is 9.78. The Kier molecular flexibility index (Phi) is 4.13. The summed E-state index contributed by atoms with van der Waals surface area (Å²) < 4.78 is 52.5. The Morgan fingerprint density at radius 3 is 2.38 bits per heavy atom. The number of carbonyl (C=O) groups excluding carboxylic acids is 1. The molecular formula is C12H9F4NO3S. The standard InChI is InChI=1S/C12H9F4NO3S/c13-6-3-5(7(14)9(16)8(6)15)10(18)17-12(11(19)20)1-2-21-4-12/h3H,1-2,4H2,(H,17,18)(H,19,20). The normalized spacial score (nSPS) is 21.3. The first-order valence-electron chi connectivity index (χ1n) is 5.75. The van der Waals surface area contributed by atoms with Gasteiger partial charge >= 0.3 is 5.97 Å². The van der Waals surface area contributed by atoms with Crippen LogP contribution >= 0.6 is 11.8 Å². The number of carbonyl (C=O) groups is 2. The fraction of sp³-hybridized carbons (Fsp3) is 0.333. The molecule has 21 heavy (non-hydrogen) atoms. The van der Waals surface area contributed by atoms with Gasteiger partial charge in [0, 0.05) is 5.75 Å². The summed E-state index contributed by atoms with van der Waals surface area (Å²) in [4.78, 5) is 23.1. The molecule has 114 valence electrons. The van der Waals surface area contributed by atoms with E-state index in [1.165, 1.54) is 11.8 Å². The average Bonchev–Trinajstić information content (AvgIpc) is 2.90. The Balaban J connectivity index is 2.35. The molecule has 1 amide bonds. The van der Waals surface area contributed by atoms with Crippen LogP contribution in [0.2, 0.25) is 0 Å². The molecule has 1 saturated heterocycles. The first-order valence-corrected chi connectivity index (χ1v) is 6.90. The molecule has 2 rings (SSSR count). The van der Waals surface area contributed by atoms with Crippen molar-refractivity contribution in [3.63, 3.8) is 0 Å². The molecule has 1 aromatic carbocycles. The monoisotopic (exact) mass is 323 g/mol. The van der Waals surface area contributed by atoms with Crippen LogP contribution in [0.25, 0.3) is 0 Å². The summed E-state index contributed by atoms with van der Waals surface area (Å²) in [5.74, 6) is -9.89.